The van der Waals surface area contributed by atoms with Crippen molar-refractivity contribution in [2.24, 2.45) is 0 Å². The fraction of sp³-hybridized carbons (Fsp3) is 0.286. The Bertz CT molecular complexity index is 589. The predicted octanol–water partition coefficient (Wildman–Crippen LogP) is 4.23. The van der Waals surface area contributed by atoms with E-state index in [1.54, 1.807) is 19.2 Å². The van der Waals surface area contributed by atoms with Gasteiger partial charge in [-0.25, -0.2) is 14.4 Å². The van der Waals surface area contributed by atoms with Gasteiger partial charge in [0.25, 0.3) is 0 Å². The molecule has 1 aromatic heterocycles. The topological polar surface area (TPSA) is 37.8 Å². The van der Waals surface area contributed by atoms with Crippen molar-refractivity contribution < 1.29 is 4.39 Å². The monoisotopic (exact) mass is 357 g/mol. The molecule has 0 aliphatic heterocycles. The number of rotatable bonds is 4. The van der Waals surface area contributed by atoms with E-state index in [2.05, 4.69) is 31.2 Å². The summed E-state index contributed by atoms with van der Waals surface area (Å²) >= 11 is 9.50. The second-order valence-corrected chi connectivity index (χ2v) is 5.43. The van der Waals surface area contributed by atoms with Crippen LogP contribution in [0.2, 0.25) is 5.02 Å². The van der Waals surface area contributed by atoms with E-state index in [0.29, 0.717) is 22.2 Å². The summed E-state index contributed by atoms with van der Waals surface area (Å²) < 4.78 is 14.7. The highest BCUT2D eigenvalue weighted by Crippen LogP contribution is 2.26. The van der Waals surface area contributed by atoms with Crippen molar-refractivity contribution in [2.75, 3.05) is 12.4 Å². The maximum atomic E-state index is 13.8. The molecule has 6 heteroatoms. The van der Waals surface area contributed by atoms with Crippen LogP contribution in [0.1, 0.15) is 24.0 Å². The molecular weight excluding hydrogens is 345 g/mol. The molecule has 0 unspecified atom stereocenters. The van der Waals surface area contributed by atoms with E-state index in [0.717, 1.165) is 16.6 Å². The Hall–Kier alpha value is -1.20. The van der Waals surface area contributed by atoms with Gasteiger partial charge in [-0.2, -0.15) is 0 Å². The lowest BCUT2D eigenvalue weighted by Gasteiger charge is -2.11. The molecule has 0 saturated carbocycles. The van der Waals surface area contributed by atoms with Gasteiger partial charge in [0, 0.05) is 24.1 Å². The number of nitrogens with zero attached hydrogens (tertiary/aromatic N) is 2. The number of aromatic nitrogens is 2. The quantitative estimate of drug-likeness (QED) is 0.889. The van der Waals surface area contributed by atoms with Gasteiger partial charge in [0.05, 0.1) is 10.2 Å². The van der Waals surface area contributed by atoms with E-state index in [-0.39, 0.29) is 12.2 Å². The van der Waals surface area contributed by atoms with E-state index in [9.17, 15) is 4.39 Å². The molecule has 3 nitrogen and oxygen atoms in total. The van der Waals surface area contributed by atoms with Crippen LogP contribution in [0.5, 0.6) is 0 Å². The number of anilines is 1. The lowest BCUT2D eigenvalue weighted by molar-refractivity contribution is 0.612. The number of halogens is 3. The minimum atomic E-state index is -0.340. The number of aryl methyl sites for hydroxylation is 1. The smallest absolute Gasteiger partial charge is 0.144 e. The molecule has 0 bridgehead atoms. The first-order chi connectivity index (χ1) is 9.56. The molecule has 0 aliphatic rings. The van der Waals surface area contributed by atoms with Gasteiger partial charge in [-0.1, -0.05) is 24.6 Å². The molecule has 0 spiro atoms. The van der Waals surface area contributed by atoms with Crippen LogP contribution >= 0.6 is 27.5 Å². The summed E-state index contributed by atoms with van der Waals surface area (Å²) in [7, 11) is 1.78. The van der Waals surface area contributed by atoms with Crippen LogP contribution in [0.3, 0.4) is 0 Å². The summed E-state index contributed by atoms with van der Waals surface area (Å²) in [5.74, 6) is 0.897. The lowest BCUT2D eigenvalue weighted by Crippen LogP contribution is -2.07. The van der Waals surface area contributed by atoms with Crippen LogP contribution in [0.25, 0.3) is 0 Å². The highest BCUT2D eigenvalue weighted by atomic mass is 79.9. The molecule has 0 fully saturated rings. The van der Waals surface area contributed by atoms with E-state index in [1.807, 2.05) is 6.92 Å². The first-order valence-corrected chi connectivity index (χ1v) is 7.39. The number of hydrogen-bond acceptors (Lipinski definition) is 3. The molecule has 0 saturated heterocycles. The van der Waals surface area contributed by atoms with Crippen molar-refractivity contribution >= 4 is 33.3 Å². The van der Waals surface area contributed by atoms with Crippen molar-refractivity contribution in [1.82, 2.24) is 9.97 Å². The molecular formula is C14H14BrClFN3. The maximum absolute atomic E-state index is 13.8. The van der Waals surface area contributed by atoms with Gasteiger partial charge in [0.1, 0.15) is 17.5 Å². The molecule has 2 aromatic rings. The van der Waals surface area contributed by atoms with Gasteiger partial charge in [-0.15, -0.1) is 0 Å². The van der Waals surface area contributed by atoms with Crippen molar-refractivity contribution in [3.8, 4) is 0 Å². The SMILES string of the molecule is CCc1nc(Cc2c(F)cccc2Cl)nc(NC)c1Br. The van der Waals surface area contributed by atoms with Gasteiger partial charge in [-0.3, -0.25) is 0 Å². The fourth-order valence-electron chi connectivity index (χ4n) is 1.88. The van der Waals surface area contributed by atoms with Gasteiger partial charge >= 0.3 is 0 Å². The predicted molar refractivity (Wildman–Crippen MR) is 82.9 cm³/mol. The third-order valence-corrected chi connectivity index (χ3v) is 4.12. The van der Waals surface area contributed by atoms with Crippen LogP contribution in [0.15, 0.2) is 22.7 Å². The third kappa shape index (κ3) is 3.10. The third-order valence-electron chi connectivity index (χ3n) is 2.93. The van der Waals surface area contributed by atoms with Gasteiger partial charge < -0.3 is 5.32 Å². The Morgan fingerprint density at radius 2 is 2.10 bits per heavy atom. The van der Waals surface area contributed by atoms with E-state index in [4.69, 9.17) is 11.6 Å². The van der Waals surface area contributed by atoms with Crippen LogP contribution in [0, 0.1) is 5.82 Å². The zero-order chi connectivity index (χ0) is 14.7. The van der Waals surface area contributed by atoms with Crippen molar-refractivity contribution in [3.05, 3.63) is 50.6 Å². The minimum Gasteiger partial charge on any atom is -0.372 e. The average Bonchev–Trinajstić information content (AvgIpc) is 2.44. The van der Waals surface area contributed by atoms with Crippen molar-refractivity contribution in [3.63, 3.8) is 0 Å². The van der Waals surface area contributed by atoms with Crippen molar-refractivity contribution in [1.29, 1.82) is 0 Å². The number of hydrogen-bond donors (Lipinski definition) is 1. The molecule has 106 valence electrons. The van der Waals surface area contributed by atoms with Gasteiger partial charge in [0.15, 0.2) is 0 Å². The van der Waals surface area contributed by atoms with Gasteiger partial charge in [0.2, 0.25) is 0 Å². The summed E-state index contributed by atoms with van der Waals surface area (Å²) in [6.45, 7) is 2.01. The summed E-state index contributed by atoms with van der Waals surface area (Å²) in [6.07, 6.45) is 1.02. The van der Waals surface area contributed by atoms with Crippen LogP contribution in [-0.4, -0.2) is 17.0 Å². The molecule has 0 atom stereocenters. The van der Waals surface area contributed by atoms with Crippen LogP contribution in [0.4, 0.5) is 10.2 Å². The second kappa shape index (κ2) is 6.50. The highest BCUT2D eigenvalue weighted by molar-refractivity contribution is 9.10. The zero-order valence-corrected chi connectivity index (χ0v) is 13.5. The molecule has 1 N–H and O–H groups in total. The first kappa shape index (κ1) is 15.2. The Morgan fingerprint density at radius 1 is 1.35 bits per heavy atom. The Labute approximate surface area is 130 Å². The van der Waals surface area contributed by atoms with Crippen LogP contribution in [-0.2, 0) is 12.8 Å². The standard InChI is InChI=1S/C14H14BrClFN3/c1-3-11-13(15)14(18-2)20-12(19-11)7-8-9(16)5-4-6-10(8)17/h4-6H,3,7H2,1-2H3,(H,18,19,20). The molecule has 0 aliphatic carbocycles. The Kier molecular flexibility index (Phi) is 4.94. The maximum Gasteiger partial charge on any atom is 0.144 e. The number of nitrogens with one attached hydrogen (secondary N) is 1. The van der Waals surface area contributed by atoms with E-state index >= 15 is 0 Å². The number of benzene rings is 1. The van der Waals surface area contributed by atoms with Gasteiger partial charge in [-0.05, 0) is 34.5 Å². The van der Waals surface area contributed by atoms with E-state index < -0.39 is 0 Å². The fourth-order valence-corrected chi connectivity index (χ4v) is 2.77. The Balaban J connectivity index is 2.44. The summed E-state index contributed by atoms with van der Waals surface area (Å²) in [5, 5.41) is 3.39. The molecule has 20 heavy (non-hydrogen) atoms. The summed E-state index contributed by atoms with van der Waals surface area (Å²) in [6, 6.07) is 4.64. The van der Waals surface area contributed by atoms with Crippen molar-refractivity contribution in [2.45, 2.75) is 19.8 Å². The second-order valence-electron chi connectivity index (χ2n) is 4.23. The molecule has 0 amide bonds. The normalized spacial score (nSPS) is 10.7. The average molecular weight is 359 g/mol. The zero-order valence-electron chi connectivity index (χ0n) is 11.2. The molecule has 0 radical (unpaired) electrons. The minimum absolute atomic E-state index is 0.264. The highest BCUT2D eigenvalue weighted by Gasteiger charge is 2.14. The lowest BCUT2D eigenvalue weighted by atomic mass is 10.1. The Morgan fingerprint density at radius 3 is 2.70 bits per heavy atom. The molecule has 1 aromatic carbocycles. The molecule has 2 rings (SSSR count). The summed E-state index contributed by atoms with van der Waals surface area (Å²) in [4.78, 5) is 8.84. The van der Waals surface area contributed by atoms with E-state index in [1.165, 1.54) is 6.07 Å². The first-order valence-electron chi connectivity index (χ1n) is 6.22. The largest absolute Gasteiger partial charge is 0.372 e. The summed E-state index contributed by atoms with van der Waals surface area (Å²) in [5.41, 5.74) is 1.30. The van der Waals surface area contributed by atoms with Crippen LogP contribution < -0.4 is 5.32 Å². The molecule has 1 heterocycles.